The number of nitrogens with one attached hydrogen (secondary N) is 2. The molecule has 1 aliphatic rings. The van der Waals surface area contributed by atoms with Crippen LogP contribution >= 0.6 is 0 Å². The zero-order chi connectivity index (χ0) is 20.1. The van der Waals surface area contributed by atoms with Crippen LogP contribution in [0, 0.1) is 0 Å². The zero-order valence-electron chi connectivity index (χ0n) is 14.5. The van der Waals surface area contributed by atoms with Crippen LogP contribution in [0.15, 0.2) is 0 Å². The summed E-state index contributed by atoms with van der Waals surface area (Å²) in [4.78, 5) is 36.0. The minimum Gasteiger partial charge on any atom is -0.481 e. The molecular formula is C14H29N2O8. The van der Waals surface area contributed by atoms with Gasteiger partial charge in [-0.15, -0.1) is 0 Å². The van der Waals surface area contributed by atoms with E-state index in [-0.39, 0.29) is 0 Å². The highest BCUT2D eigenvalue weighted by molar-refractivity contribution is 5.63. The third kappa shape index (κ3) is 115. The summed E-state index contributed by atoms with van der Waals surface area (Å²) in [6.45, 7) is 4.33. The first-order valence-electron chi connectivity index (χ1n) is 7.07. The van der Waals surface area contributed by atoms with Crippen LogP contribution < -0.4 is 11.3 Å². The summed E-state index contributed by atoms with van der Waals surface area (Å²) in [6.07, 6.45) is 6.43. The van der Waals surface area contributed by atoms with Crippen LogP contribution in [0.2, 0.25) is 0 Å². The fourth-order valence-electron chi connectivity index (χ4n) is 1.25. The largest absolute Gasteiger partial charge is 0.481 e. The first kappa shape index (κ1) is 29.8. The summed E-state index contributed by atoms with van der Waals surface area (Å²) >= 11 is 0. The summed E-state index contributed by atoms with van der Waals surface area (Å²) in [5.74, 6) is 3.51. The van der Waals surface area contributed by atoms with Crippen LogP contribution in [-0.2, 0) is 19.2 Å². The molecular weight excluding hydrogens is 324 g/mol. The lowest BCUT2D eigenvalue weighted by Crippen LogP contribution is -2.29. The Balaban J connectivity index is -0.000000110. The molecule has 0 spiro atoms. The summed E-state index contributed by atoms with van der Waals surface area (Å²) in [6, 6.07) is 0.503. The molecule has 0 unspecified atom stereocenters. The lowest BCUT2D eigenvalue weighted by molar-refractivity contribution is -0.135. The molecule has 0 aromatic rings. The Kier molecular flexibility index (Phi) is 28.6. The van der Waals surface area contributed by atoms with Crippen LogP contribution in [-0.4, -0.2) is 50.3 Å². The molecule has 0 aliphatic heterocycles. The number of hydrogen-bond acceptors (Lipinski definition) is 5. The van der Waals surface area contributed by atoms with Crippen LogP contribution in [0.5, 0.6) is 0 Å². The molecule has 1 aliphatic carbocycles. The number of carboxylic acid groups (broad SMARTS) is 4. The first-order chi connectivity index (χ1) is 10.9. The first-order valence-corrected chi connectivity index (χ1v) is 7.07. The van der Waals surface area contributed by atoms with Gasteiger partial charge in [0.15, 0.2) is 0 Å². The van der Waals surface area contributed by atoms with Crippen molar-refractivity contribution >= 4 is 23.9 Å². The fraction of sp³-hybridized carbons (Fsp3) is 0.714. The molecule has 24 heavy (non-hydrogen) atoms. The van der Waals surface area contributed by atoms with Gasteiger partial charge in [0.05, 0.1) is 0 Å². The normalized spacial score (nSPS) is 12.0. The SMILES string of the molecule is CC(=O)O.CC(=O)O.CC(=O)O.CC(=O)O.[NH]NC1CCCCC1. The average molecular weight is 353 g/mol. The summed E-state index contributed by atoms with van der Waals surface area (Å²) < 4.78 is 0. The molecule has 10 heteroatoms. The van der Waals surface area contributed by atoms with Crippen molar-refractivity contribution in [3.63, 3.8) is 0 Å². The van der Waals surface area contributed by atoms with E-state index in [2.05, 4.69) is 5.43 Å². The number of carbonyl (C=O) groups is 4. The Morgan fingerprint density at radius 3 is 1.04 bits per heavy atom. The molecule has 0 aromatic heterocycles. The highest BCUT2D eigenvalue weighted by Crippen LogP contribution is 2.16. The summed E-state index contributed by atoms with van der Waals surface area (Å²) in [7, 11) is 0. The fourth-order valence-corrected chi connectivity index (χ4v) is 1.25. The molecule has 6 N–H and O–H groups in total. The lowest BCUT2D eigenvalue weighted by atomic mass is 9.96. The highest BCUT2D eigenvalue weighted by Gasteiger charge is 2.09. The van der Waals surface area contributed by atoms with Gasteiger partial charge >= 0.3 is 0 Å². The van der Waals surface area contributed by atoms with Gasteiger partial charge in [0.25, 0.3) is 23.9 Å². The lowest BCUT2D eigenvalue weighted by Gasteiger charge is -2.19. The van der Waals surface area contributed by atoms with Gasteiger partial charge in [0, 0.05) is 33.7 Å². The minimum absolute atomic E-state index is 0.503. The highest BCUT2D eigenvalue weighted by atomic mass is 16.4. The number of aliphatic carboxylic acids is 4. The maximum Gasteiger partial charge on any atom is 0.300 e. The average Bonchev–Trinajstić information content (AvgIpc) is 2.37. The molecule has 143 valence electrons. The third-order valence-corrected chi connectivity index (χ3v) is 1.81. The van der Waals surface area contributed by atoms with E-state index in [0.717, 1.165) is 27.7 Å². The molecule has 1 saturated carbocycles. The van der Waals surface area contributed by atoms with Gasteiger partial charge < -0.3 is 20.4 Å². The number of rotatable bonds is 1. The molecule has 0 aromatic carbocycles. The van der Waals surface area contributed by atoms with E-state index >= 15 is 0 Å². The molecule has 1 radical (unpaired) electrons. The summed E-state index contributed by atoms with van der Waals surface area (Å²) in [5.41, 5.74) is 2.55. The number of hydrogen-bond donors (Lipinski definition) is 5. The van der Waals surface area contributed by atoms with Crippen molar-refractivity contribution in [3.05, 3.63) is 0 Å². The monoisotopic (exact) mass is 353 g/mol. The molecule has 0 heterocycles. The minimum atomic E-state index is -0.833. The number of carboxylic acids is 4. The van der Waals surface area contributed by atoms with Crippen LogP contribution in [0.4, 0.5) is 0 Å². The Morgan fingerprint density at radius 1 is 0.708 bits per heavy atom. The van der Waals surface area contributed by atoms with Gasteiger partial charge in [-0.2, -0.15) is 5.84 Å². The maximum absolute atomic E-state index is 9.00. The van der Waals surface area contributed by atoms with Crippen molar-refractivity contribution in [1.82, 2.24) is 11.3 Å². The van der Waals surface area contributed by atoms with Gasteiger partial charge in [0.1, 0.15) is 0 Å². The van der Waals surface area contributed by atoms with Crippen molar-refractivity contribution in [2.45, 2.75) is 65.8 Å². The van der Waals surface area contributed by atoms with Gasteiger partial charge in [-0.3, -0.25) is 19.2 Å². The Bertz CT molecular complexity index is 278. The van der Waals surface area contributed by atoms with Crippen LogP contribution in [0.1, 0.15) is 59.8 Å². The molecule has 0 atom stereocenters. The van der Waals surface area contributed by atoms with Gasteiger partial charge in [-0.05, 0) is 12.8 Å². The molecule has 10 nitrogen and oxygen atoms in total. The molecule has 1 rings (SSSR count). The van der Waals surface area contributed by atoms with Crippen molar-refractivity contribution < 1.29 is 39.6 Å². The Hall–Kier alpha value is -2.20. The van der Waals surface area contributed by atoms with Crippen LogP contribution in [0.25, 0.3) is 0 Å². The third-order valence-electron chi connectivity index (χ3n) is 1.81. The second-order valence-electron chi connectivity index (χ2n) is 4.56. The van der Waals surface area contributed by atoms with E-state index in [1.54, 1.807) is 0 Å². The maximum atomic E-state index is 9.00. The van der Waals surface area contributed by atoms with E-state index in [1.165, 1.54) is 32.1 Å². The quantitative estimate of drug-likeness (QED) is 0.435. The predicted octanol–water partition coefficient (Wildman–Crippen LogP) is 1.47. The van der Waals surface area contributed by atoms with E-state index in [0.29, 0.717) is 6.04 Å². The van der Waals surface area contributed by atoms with Crippen LogP contribution in [0.3, 0.4) is 0 Å². The van der Waals surface area contributed by atoms with E-state index < -0.39 is 23.9 Å². The molecule has 0 amide bonds. The van der Waals surface area contributed by atoms with E-state index in [1.807, 2.05) is 0 Å². The van der Waals surface area contributed by atoms with Crippen molar-refractivity contribution in [3.8, 4) is 0 Å². The van der Waals surface area contributed by atoms with Gasteiger partial charge in [-0.1, -0.05) is 19.3 Å². The standard InChI is InChI=1S/C6H13N2.4C2H4O2/c7-8-6-4-2-1-3-5-6;4*1-2(3)4/h6-8H,1-5H2;4*1H3,(H,3,4). The van der Waals surface area contributed by atoms with Crippen molar-refractivity contribution in [1.29, 1.82) is 0 Å². The van der Waals surface area contributed by atoms with Gasteiger partial charge in [-0.25, -0.2) is 5.43 Å². The smallest absolute Gasteiger partial charge is 0.300 e. The van der Waals surface area contributed by atoms with Crippen molar-refractivity contribution in [2.24, 2.45) is 0 Å². The Morgan fingerprint density at radius 2 is 0.917 bits per heavy atom. The molecule has 0 bridgehead atoms. The zero-order valence-corrected chi connectivity index (χ0v) is 14.5. The second-order valence-corrected chi connectivity index (χ2v) is 4.56. The summed E-state index contributed by atoms with van der Waals surface area (Å²) in [5, 5.41) is 29.7. The second kappa shape index (κ2) is 23.1. The van der Waals surface area contributed by atoms with Gasteiger partial charge in [0.2, 0.25) is 0 Å². The van der Waals surface area contributed by atoms with E-state index in [4.69, 9.17) is 45.4 Å². The Labute approximate surface area is 141 Å². The van der Waals surface area contributed by atoms with E-state index in [9.17, 15) is 0 Å². The predicted molar refractivity (Wildman–Crippen MR) is 86.3 cm³/mol. The molecule has 1 fully saturated rings. The topological polar surface area (TPSA) is 185 Å². The van der Waals surface area contributed by atoms with Crippen molar-refractivity contribution in [2.75, 3.05) is 0 Å². The molecule has 0 saturated heterocycles.